The van der Waals surface area contributed by atoms with Gasteiger partial charge < -0.3 is 14.3 Å². The van der Waals surface area contributed by atoms with Crippen LogP contribution in [-0.2, 0) is 16.0 Å². The zero-order valence-corrected chi connectivity index (χ0v) is 21.1. The van der Waals surface area contributed by atoms with Crippen LogP contribution in [0.25, 0.3) is 11.0 Å². The molecule has 0 aliphatic rings. The molecular weight excluding hydrogens is 444 g/mol. The number of carboxylic acid groups (broad SMARTS) is 1. The summed E-state index contributed by atoms with van der Waals surface area (Å²) in [5.74, 6) is -1.08. The van der Waals surface area contributed by atoms with Crippen LogP contribution in [0.15, 0.2) is 45.6 Å². The zero-order valence-electron chi connectivity index (χ0n) is 21.1. The maximum Gasteiger partial charge on any atom is 0.336 e. The Balaban J connectivity index is 1.58. The first-order valence-electron chi connectivity index (χ1n) is 13.1. The quantitative estimate of drug-likeness (QED) is 0.0781. The number of ether oxygens (including phenoxy) is 1. The predicted octanol–water partition coefficient (Wildman–Crippen LogP) is 7.36. The number of unbranched alkanes of at least 4 members (excludes halogenated alkanes) is 11. The highest BCUT2D eigenvalue weighted by Gasteiger charge is 2.12. The number of carboxylic acids is 1. The van der Waals surface area contributed by atoms with Crippen molar-refractivity contribution in [1.29, 1.82) is 0 Å². The molecule has 0 radical (unpaired) electrons. The summed E-state index contributed by atoms with van der Waals surface area (Å²) in [5.41, 5.74) is -0.0551. The lowest BCUT2D eigenvalue weighted by atomic mass is 10.1. The van der Waals surface area contributed by atoms with Gasteiger partial charge in [-0.1, -0.05) is 70.4 Å². The van der Waals surface area contributed by atoms with E-state index in [0.717, 1.165) is 25.7 Å². The molecular formula is C29H40O6. The normalized spacial score (nSPS) is 11.3. The number of fused-ring (bicyclic) bond motifs is 1. The van der Waals surface area contributed by atoms with Crippen LogP contribution in [0.2, 0.25) is 0 Å². The second-order valence-corrected chi connectivity index (χ2v) is 9.13. The van der Waals surface area contributed by atoms with Crippen molar-refractivity contribution in [2.24, 2.45) is 0 Å². The molecule has 2 rings (SSSR count). The van der Waals surface area contributed by atoms with Gasteiger partial charge in [0.1, 0.15) is 11.3 Å². The number of aliphatic carboxylic acids is 1. The minimum absolute atomic E-state index is 0.208. The van der Waals surface area contributed by atoms with Gasteiger partial charge in [-0.3, -0.25) is 9.59 Å². The molecule has 0 saturated carbocycles. The Morgan fingerprint density at radius 1 is 0.886 bits per heavy atom. The lowest BCUT2D eigenvalue weighted by Gasteiger charge is -2.07. The summed E-state index contributed by atoms with van der Waals surface area (Å²) in [4.78, 5) is 34.9. The Hall–Kier alpha value is -2.89. The van der Waals surface area contributed by atoms with Gasteiger partial charge in [-0.25, -0.2) is 4.79 Å². The summed E-state index contributed by atoms with van der Waals surface area (Å²) >= 11 is 0. The molecule has 1 aromatic carbocycles. The minimum atomic E-state index is -1.03. The van der Waals surface area contributed by atoms with E-state index in [-0.39, 0.29) is 23.7 Å². The van der Waals surface area contributed by atoms with E-state index in [9.17, 15) is 14.4 Å². The summed E-state index contributed by atoms with van der Waals surface area (Å²) < 4.78 is 10.5. The Morgan fingerprint density at radius 3 is 2.17 bits per heavy atom. The van der Waals surface area contributed by atoms with Crippen LogP contribution in [0.5, 0.6) is 5.75 Å². The first-order valence-corrected chi connectivity index (χ1v) is 13.1. The third-order valence-electron chi connectivity index (χ3n) is 6.02. The molecule has 0 bridgehead atoms. The molecule has 0 aliphatic carbocycles. The van der Waals surface area contributed by atoms with Gasteiger partial charge in [0.25, 0.3) is 0 Å². The fourth-order valence-corrected chi connectivity index (χ4v) is 4.11. The smallest absolute Gasteiger partial charge is 0.336 e. The van der Waals surface area contributed by atoms with Gasteiger partial charge in [0.2, 0.25) is 0 Å². The summed E-state index contributed by atoms with van der Waals surface area (Å²) in [7, 11) is 0. The summed E-state index contributed by atoms with van der Waals surface area (Å²) in [6.45, 7) is 2.25. The highest BCUT2D eigenvalue weighted by molar-refractivity contribution is 5.86. The number of benzene rings is 1. The summed E-state index contributed by atoms with van der Waals surface area (Å²) in [6.07, 6.45) is 20.3. The van der Waals surface area contributed by atoms with Gasteiger partial charge in [0.05, 0.1) is 6.42 Å². The molecule has 0 fully saturated rings. The van der Waals surface area contributed by atoms with E-state index in [1.165, 1.54) is 69.9 Å². The minimum Gasteiger partial charge on any atom is -0.481 e. The van der Waals surface area contributed by atoms with Gasteiger partial charge in [0, 0.05) is 23.9 Å². The standard InChI is InChI=1S/C29H40O6/c1-2-3-4-5-6-7-8-9-10-11-12-13-14-15-16-17-28(32)34-24-18-19-25-23(20-27(30)31)21-29(33)35-26(25)22-24/h9-10,18-19,21-22H,2-8,11-17,20H2,1H3,(H,30,31)/b10-9+. The second-order valence-electron chi connectivity index (χ2n) is 9.13. The first-order chi connectivity index (χ1) is 17.0. The molecule has 35 heavy (non-hydrogen) atoms. The number of allylic oxidation sites excluding steroid dienone is 2. The molecule has 0 saturated heterocycles. The molecule has 1 heterocycles. The molecule has 6 nitrogen and oxygen atoms in total. The lowest BCUT2D eigenvalue weighted by molar-refractivity contribution is -0.136. The largest absolute Gasteiger partial charge is 0.481 e. The van der Waals surface area contributed by atoms with Crippen LogP contribution in [0, 0.1) is 0 Å². The third kappa shape index (κ3) is 11.9. The van der Waals surface area contributed by atoms with Crippen molar-refractivity contribution in [3.63, 3.8) is 0 Å². The zero-order chi connectivity index (χ0) is 25.3. The summed E-state index contributed by atoms with van der Waals surface area (Å²) in [5, 5.41) is 9.53. The second kappa shape index (κ2) is 16.7. The van der Waals surface area contributed by atoms with Gasteiger partial charge in [-0.05, 0) is 49.8 Å². The van der Waals surface area contributed by atoms with Crippen molar-refractivity contribution >= 4 is 22.9 Å². The topological polar surface area (TPSA) is 93.8 Å². The molecule has 0 unspecified atom stereocenters. The number of esters is 1. The molecule has 1 aromatic heterocycles. The SMILES string of the molecule is CCCCCCCC/C=C/CCCCCCCC(=O)Oc1ccc2c(CC(=O)O)cc(=O)oc2c1. The molecule has 0 aliphatic heterocycles. The Bertz CT molecular complexity index is 1000. The van der Waals surface area contributed by atoms with Gasteiger partial charge in [0.15, 0.2) is 0 Å². The van der Waals surface area contributed by atoms with Crippen molar-refractivity contribution in [1.82, 2.24) is 0 Å². The number of carbonyl (C=O) groups is 2. The fraction of sp³-hybridized carbons (Fsp3) is 0.552. The molecule has 0 amide bonds. The van der Waals surface area contributed by atoms with E-state index >= 15 is 0 Å². The monoisotopic (exact) mass is 484 g/mol. The third-order valence-corrected chi connectivity index (χ3v) is 6.02. The highest BCUT2D eigenvalue weighted by atomic mass is 16.5. The van der Waals surface area contributed by atoms with Gasteiger partial charge in [-0.15, -0.1) is 0 Å². The predicted molar refractivity (Wildman–Crippen MR) is 139 cm³/mol. The molecule has 192 valence electrons. The average Bonchev–Trinajstić information content (AvgIpc) is 2.81. The maximum atomic E-state index is 12.2. The van der Waals surface area contributed by atoms with Crippen LogP contribution in [0.4, 0.5) is 0 Å². The van der Waals surface area contributed by atoms with Gasteiger partial charge in [-0.2, -0.15) is 0 Å². The average molecular weight is 485 g/mol. The first kappa shape index (κ1) is 28.3. The van der Waals surface area contributed by atoms with Crippen LogP contribution < -0.4 is 10.4 Å². The molecule has 1 N–H and O–H groups in total. The van der Waals surface area contributed by atoms with E-state index < -0.39 is 11.6 Å². The van der Waals surface area contributed by atoms with Crippen molar-refractivity contribution in [3.05, 3.63) is 52.4 Å². The summed E-state index contributed by atoms with van der Waals surface area (Å²) in [6, 6.07) is 5.83. The van der Waals surface area contributed by atoms with E-state index in [0.29, 0.717) is 17.4 Å². The molecule has 0 spiro atoms. The van der Waals surface area contributed by atoms with Crippen molar-refractivity contribution in [3.8, 4) is 5.75 Å². The number of hydrogen-bond donors (Lipinski definition) is 1. The van der Waals surface area contributed by atoms with Crippen molar-refractivity contribution in [2.45, 2.75) is 103 Å². The van der Waals surface area contributed by atoms with Crippen LogP contribution >= 0.6 is 0 Å². The maximum absolute atomic E-state index is 12.2. The Labute approximate surface area is 208 Å². The van der Waals surface area contributed by atoms with Crippen molar-refractivity contribution in [2.75, 3.05) is 0 Å². The van der Waals surface area contributed by atoms with Crippen LogP contribution in [-0.4, -0.2) is 17.0 Å². The fourth-order valence-electron chi connectivity index (χ4n) is 4.11. The molecule has 2 aromatic rings. The van der Waals surface area contributed by atoms with Crippen LogP contribution in [0.3, 0.4) is 0 Å². The molecule has 0 atom stereocenters. The Morgan fingerprint density at radius 2 is 1.51 bits per heavy atom. The Kier molecular flexibility index (Phi) is 13.5. The van der Waals surface area contributed by atoms with Crippen molar-refractivity contribution < 1.29 is 23.8 Å². The van der Waals surface area contributed by atoms with Gasteiger partial charge >= 0.3 is 17.6 Å². The lowest BCUT2D eigenvalue weighted by Crippen LogP contribution is -2.08. The highest BCUT2D eigenvalue weighted by Crippen LogP contribution is 2.23. The number of hydrogen-bond acceptors (Lipinski definition) is 5. The number of carbonyl (C=O) groups excluding carboxylic acids is 1. The number of rotatable bonds is 18. The molecule has 6 heteroatoms. The van der Waals surface area contributed by atoms with E-state index in [4.69, 9.17) is 14.3 Å². The van der Waals surface area contributed by atoms with E-state index in [2.05, 4.69) is 19.1 Å². The van der Waals surface area contributed by atoms with E-state index in [1.54, 1.807) is 12.1 Å². The van der Waals surface area contributed by atoms with E-state index in [1.807, 2.05) is 0 Å². The van der Waals surface area contributed by atoms with Crippen LogP contribution in [0.1, 0.15) is 102 Å².